The van der Waals surface area contributed by atoms with Crippen molar-refractivity contribution < 1.29 is 9.47 Å². The number of benzene rings is 1. The summed E-state index contributed by atoms with van der Waals surface area (Å²) in [5.41, 5.74) is 1.98. The summed E-state index contributed by atoms with van der Waals surface area (Å²) in [6, 6.07) is 8.26. The largest absolute Gasteiger partial charge is 0.381 e. The molecule has 2 aromatic rings. The lowest BCUT2D eigenvalue weighted by molar-refractivity contribution is 0.0131. The van der Waals surface area contributed by atoms with E-state index >= 15 is 0 Å². The summed E-state index contributed by atoms with van der Waals surface area (Å²) in [6.45, 7) is 9.07. The smallest absolute Gasteiger partial charge is 0.172 e. The van der Waals surface area contributed by atoms with Gasteiger partial charge in [0.05, 0.1) is 30.4 Å². The van der Waals surface area contributed by atoms with Crippen molar-refractivity contribution in [2.45, 2.75) is 45.1 Å². The molecule has 0 bridgehead atoms. The lowest BCUT2D eigenvalue weighted by Gasteiger charge is -2.37. The summed E-state index contributed by atoms with van der Waals surface area (Å²) in [7, 11) is 0. The highest BCUT2D eigenvalue weighted by Gasteiger charge is 2.28. The minimum atomic E-state index is 0.356. The molecule has 6 heteroatoms. The number of nitrogens with zero attached hydrogens (tertiary/aromatic N) is 4. The van der Waals surface area contributed by atoms with E-state index in [4.69, 9.17) is 19.4 Å². The molecule has 4 heterocycles. The van der Waals surface area contributed by atoms with Crippen LogP contribution in [-0.4, -0.2) is 62.1 Å². The number of ether oxygens (including phenoxy) is 2. The zero-order valence-electron chi connectivity index (χ0n) is 18.1. The van der Waals surface area contributed by atoms with Gasteiger partial charge in [0, 0.05) is 38.7 Å². The van der Waals surface area contributed by atoms with Gasteiger partial charge >= 0.3 is 0 Å². The Morgan fingerprint density at radius 3 is 2.07 bits per heavy atom. The zero-order valence-corrected chi connectivity index (χ0v) is 18.1. The Kier molecular flexibility index (Phi) is 6.05. The van der Waals surface area contributed by atoms with Gasteiger partial charge in [-0.25, -0.2) is 9.97 Å². The number of para-hydroxylation sites is 2. The van der Waals surface area contributed by atoms with Crippen molar-refractivity contribution in [1.29, 1.82) is 0 Å². The van der Waals surface area contributed by atoms with E-state index in [9.17, 15) is 0 Å². The summed E-state index contributed by atoms with van der Waals surface area (Å²) in [5.74, 6) is 3.52. The minimum absolute atomic E-state index is 0.356. The molecule has 0 N–H and O–H groups in total. The van der Waals surface area contributed by atoms with Gasteiger partial charge < -0.3 is 19.3 Å². The fraction of sp³-hybridized carbons (Fsp3) is 0.667. The lowest BCUT2D eigenvalue weighted by Crippen LogP contribution is -2.40. The molecule has 162 valence electrons. The summed E-state index contributed by atoms with van der Waals surface area (Å²) in [6.07, 6.45) is 6.07. The third kappa shape index (κ3) is 4.40. The Morgan fingerprint density at radius 1 is 0.900 bits per heavy atom. The number of fused-ring (bicyclic) bond motifs is 1. The van der Waals surface area contributed by atoms with Crippen molar-refractivity contribution in [3.05, 3.63) is 24.3 Å². The number of rotatable bonds is 5. The molecule has 0 saturated carbocycles. The van der Waals surface area contributed by atoms with Crippen LogP contribution in [-0.2, 0) is 9.47 Å². The van der Waals surface area contributed by atoms with Crippen LogP contribution in [0.25, 0.3) is 11.0 Å². The molecule has 1 atom stereocenters. The van der Waals surface area contributed by atoms with Gasteiger partial charge in [-0.05, 0) is 50.2 Å². The normalized spacial score (nSPS) is 24.1. The molecule has 0 amide bonds. The number of hydrogen-bond donors (Lipinski definition) is 0. The molecule has 3 aliphatic heterocycles. The first-order valence-corrected chi connectivity index (χ1v) is 11.7. The third-order valence-electron chi connectivity index (χ3n) is 6.95. The summed E-state index contributed by atoms with van der Waals surface area (Å²) in [5, 5.41) is 0. The van der Waals surface area contributed by atoms with Crippen LogP contribution in [0.4, 0.5) is 11.6 Å². The van der Waals surface area contributed by atoms with Crippen molar-refractivity contribution in [1.82, 2.24) is 9.97 Å². The monoisotopic (exact) mass is 410 g/mol. The van der Waals surface area contributed by atoms with Gasteiger partial charge in [-0.2, -0.15) is 0 Å². The van der Waals surface area contributed by atoms with Gasteiger partial charge in [0.1, 0.15) is 0 Å². The maximum Gasteiger partial charge on any atom is 0.172 e. The number of piperidine rings is 2. The molecule has 0 radical (unpaired) electrons. The molecule has 3 fully saturated rings. The van der Waals surface area contributed by atoms with Crippen LogP contribution in [0, 0.1) is 11.8 Å². The molecule has 5 rings (SSSR count). The molecular weight excluding hydrogens is 376 g/mol. The highest BCUT2D eigenvalue weighted by molar-refractivity contribution is 5.81. The van der Waals surface area contributed by atoms with Crippen molar-refractivity contribution in [3.63, 3.8) is 0 Å². The van der Waals surface area contributed by atoms with Crippen molar-refractivity contribution in [2.24, 2.45) is 11.8 Å². The van der Waals surface area contributed by atoms with E-state index in [-0.39, 0.29) is 0 Å². The fourth-order valence-corrected chi connectivity index (χ4v) is 4.85. The summed E-state index contributed by atoms with van der Waals surface area (Å²) in [4.78, 5) is 15.1. The molecule has 1 aromatic carbocycles. The molecule has 30 heavy (non-hydrogen) atoms. The predicted octanol–water partition coefficient (Wildman–Crippen LogP) is 3.89. The lowest BCUT2D eigenvalue weighted by atomic mass is 9.99. The molecule has 1 unspecified atom stereocenters. The van der Waals surface area contributed by atoms with Gasteiger partial charge in [-0.15, -0.1) is 0 Å². The fourth-order valence-electron chi connectivity index (χ4n) is 4.85. The molecule has 3 saturated heterocycles. The van der Waals surface area contributed by atoms with Crippen LogP contribution in [0.2, 0.25) is 0 Å². The predicted molar refractivity (Wildman–Crippen MR) is 120 cm³/mol. The highest BCUT2D eigenvalue weighted by atomic mass is 16.5. The SMILES string of the molecule is CC1CCN(c2nc3ccccc3nc2N2CCC(OCC3CCOC3)CC2)CC1. The van der Waals surface area contributed by atoms with Crippen LogP contribution < -0.4 is 9.80 Å². The third-order valence-corrected chi connectivity index (χ3v) is 6.95. The highest BCUT2D eigenvalue weighted by Crippen LogP contribution is 2.33. The molecule has 1 aromatic heterocycles. The first kappa shape index (κ1) is 20.0. The molecule has 0 spiro atoms. The average Bonchev–Trinajstić information content (AvgIpc) is 3.31. The van der Waals surface area contributed by atoms with Crippen LogP contribution in [0.15, 0.2) is 24.3 Å². The molecular formula is C24H34N4O2. The van der Waals surface area contributed by atoms with Crippen LogP contribution in [0.3, 0.4) is 0 Å². The van der Waals surface area contributed by atoms with E-state index in [0.29, 0.717) is 12.0 Å². The van der Waals surface area contributed by atoms with Gasteiger partial charge in [-0.1, -0.05) is 19.1 Å². The molecule has 0 aliphatic carbocycles. The quantitative estimate of drug-likeness (QED) is 0.745. The van der Waals surface area contributed by atoms with Crippen LogP contribution in [0.5, 0.6) is 0 Å². The van der Waals surface area contributed by atoms with Gasteiger partial charge in [0.25, 0.3) is 0 Å². The van der Waals surface area contributed by atoms with Crippen molar-refractivity contribution in [2.75, 3.05) is 55.8 Å². The average molecular weight is 411 g/mol. The Balaban J connectivity index is 1.31. The van der Waals surface area contributed by atoms with E-state index in [1.54, 1.807) is 0 Å². The maximum absolute atomic E-state index is 6.23. The minimum Gasteiger partial charge on any atom is -0.381 e. The van der Waals surface area contributed by atoms with Gasteiger partial charge in [-0.3, -0.25) is 0 Å². The second kappa shape index (κ2) is 9.06. The second-order valence-electron chi connectivity index (χ2n) is 9.28. The Labute approximate surface area is 179 Å². The summed E-state index contributed by atoms with van der Waals surface area (Å²) < 4.78 is 11.7. The van der Waals surface area contributed by atoms with E-state index in [2.05, 4.69) is 41.0 Å². The van der Waals surface area contributed by atoms with Crippen LogP contribution in [0.1, 0.15) is 39.0 Å². The van der Waals surface area contributed by atoms with E-state index < -0.39 is 0 Å². The van der Waals surface area contributed by atoms with Gasteiger partial charge in [0.15, 0.2) is 11.6 Å². The maximum atomic E-state index is 6.23. The Hall–Kier alpha value is -1.92. The zero-order chi connectivity index (χ0) is 20.3. The number of anilines is 2. The van der Waals surface area contributed by atoms with Gasteiger partial charge in [0.2, 0.25) is 0 Å². The Morgan fingerprint density at radius 2 is 1.50 bits per heavy atom. The summed E-state index contributed by atoms with van der Waals surface area (Å²) >= 11 is 0. The van der Waals surface area contributed by atoms with Crippen molar-refractivity contribution >= 4 is 22.7 Å². The number of hydrogen-bond acceptors (Lipinski definition) is 6. The van der Waals surface area contributed by atoms with Crippen molar-refractivity contribution in [3.8, 4) is 0 Å². The first-order chi connectivity index (χ1) is 14.8. The topological polar surface area (TPSA) is 50.7 Å². The standard InChI is InChI=1S/C24H34N4O2/c1-18-6-11-27(12-7-18)23-24(26-22-5-3-2-4-21(22)25-23)28-13-8-20(9-14-28)30-17-19-10-15-29-16-19/h2-5,18-20H,6-17H2,1H3. The Bertz CT molecular complexity index is 838. The molecule has 3 aliphatic rings. The van der Waals surface area contributed by atoms with E-state index in [1.165, 1.54) is 12.8 Å². The number of aromatic nitrogens is 2. The molecule has 6 nitrogen and oxygen atoms in total. The van der Waals surface area contributed by atoms with E-state index in [0.717, 1.165) is 93.8 Å². The van der Waals surface area contributed by atoms with E-state index in [1.807, 2.05) is 0 Å². The second-order valence-corrected chi connectivity index (χ2v) is 9.28. The van der Waals surface area contributed by atoms with Crippen LogP contribution >= 0.6 is 0 Å². The first-order valence-electron chi connectivity index (χ1n) is 11.7.